The van der Waals surface area contributed by atoms with Gasteiger partial charge in [0.25, 0.3) is 5.91 Å². The Hall–Kier alpha value is -2.11. The molecule has 0 bridgehead atoms. The number of aryl methyl sites for hydroxylation is 2. The van der Waals surface area contributed by atoms with Crippen LogP contribution in [0.25, 0.3) is 0 Å². The molecule has 2 aromatic rings. The third-order valence-corrected chi connectivity index (χ3v) is 2.35. The predicted molar refractivity (Wildman–Crippen MR) is 62.4 cm³/mol. The van der Waals surface area contributed by atoms with E-state index in [1.807, 2.05) is 16.9 Å². The molecule has 0 fully saturated rings. The molecule has 2 aromatic heterocycles. The predicted octanol–water partition coefficient (Wildman–Crippen LogP) is 0.437. The Morgan fingerprint density at radius 3 is 3.00 bits per heavy atom. The normalized spacial score (nSPS) is 10.4. The monoisotopic (exact) mass is 233 g/mol. The second-order valence-electron chi connectivity index (χ2n) is 3.75. The van der Waals surface area contributed by atoms with Gasteiger partial charge in [-0.05, 0) is 18.6 Å². The van der Waals surface area contributed by atoms with Gasteiger partial charge in [0.1, 0.15) is 5.69 Å². The maximum absolute atomic E-state index is 11.6. The average Bonchev–Trinajstić information content (AvgIpc) is 2.95. The third-order valence-electron chi connectivity index (χ3n) is 2.35. The van der Waals surface area contributed by atoms with Crippen molar-refractivity contribution in [2.24, 2.45) is 7.05 Å². The van der Waals surface area contributed by atoms with Gasteiger partial charge in [0.05, 0.1) is 0 Å². The lowest BCUT2D eigenvalue weighted by molar-refractivity contribution is 0.0947. The van der Waals surface area contributed by atoms with Gasteiger partial charge in [-0.1, -0.05) is 0 Å². The lowest BCUT2D eigenvalue weighted by atomic mass is 10.3. The molecule has 0 spiro atoms. The number of hydrogen-bond acceptors (Lipinski definition) is 3. The lowest BCUT2D eigenvalue weighted by Gasteiger charge is -2.03. The molecule has 0 aromatic carbocycles. The van der Waals surface area contributed by atoms with Crippen LogP contribution in [0.2, 0.25) is 0 Å². The highest BCUT2D eigenvalue weighted by atomic mass is 16.1. The highest BCUT2D eigenvalue weighted by molar-refractivity contribution is 5.92. The first-order valence-corrected chi connectivity index (χ1v) is 5.51. The molecule has 6 nitrogen and oxygen atoms in total. The summed E-state index contributed by atoms with van der Waals surface area (Å²) >= 11 is 0. The first-order valence-electron chi connectivity index (χ1n) is 5.51. The van der Waals surface area contributed by atoms with Crippen molar-refractivity contribution >= 4 is 5.91 Å². The molecule has 90 valence electrons. The molecule has 2 heterocycles. The second kappa shape index (κ2) is 5.29. The van der Waals surface area contributed by atoms with E-state index < -0.39 is 0 Å². The summed E-state index contributed by atoms with van der Waals surface area (Å²) in [6.07, 6.45) is 6.24. The van der Waals surface area contributed by atoms with Crippen LogP contribution in [0.15, 0.2) is 30.7 Å². The average molecular weight is 233 g/mol. The quantitative estimate of drug-likeness (QED) is 0.762. The van der Waals surface area contributed by atoms with Gasteiger partial charge in [-0.2, -0.15) is 10.2 Å². The van der Waals surface area contributed by atoms with Crippen molar-refractivity contribution in [1.29, 1.82) is 0 Å². The van der Waals surface area contributed by atoms with Crippen molar-refractivity contribution in [1.82, 2.24) is 24.9 Å². The van der Waals surface area contributed by atoms with Crippen LogP contribution in [-0.4, -0.2) is 32.0 Å². The number of nitrogens with zero attached hydrogens (tertiary/aromatic N) is 4. The number of rotatable bonds is 5. The maximum Gasteiger partial charge on any atom is 0.271 e. The van der Waals surface area contributed by atoms with Crippen LogP contribution in [0, 0.1) is 0 Å². The fourth-order valence-electron chi connectivity index (χ4n) is 1.50. The van der Waals surface area contributed by atoms with Crippen molar-refractivity contribution in [3.05, 3.63) is 36.4 Å². The van der Waals surface area contributed by atoms with E-state index in [0.717, 1.165) is 13.0 Å². The summed E-state index contributed by atoms with van der Waals surface area (Å²) < 4.78 is 3.45. The first-order chi connectivity index (χ1) is 8.25. The summed E-state index contributed by atoms with van der Waals surface area (Å²) in [4.78, 5) is 11.6. The van der Waals surface area contributed by atoms with Gasteiger partial charge in [-0.3, -0.25) is 14.2 Å². The highest BCUT2D eigenvalue weighted by Crippen LogP contribution is 1.94. The Bertz CT molecular complexity index is 474. The van der Waals surface area contributed by atoms with Crippen molar-refractivity contribution in [2.45, 2.75) is 13.0 Å². The lowest BCUT2D eigenvalue weighted by Crippen LogP contribution is -2.25. The van der Waals surface area contributed by atoms with E-state index in [1.165, 1.54) is 0 Å². The van der Waals surface area contributed by atoms with Crippen LogP contribution in [-0.2, 0) is 13.6 Å². The fraction of sp³-hybridized carbons (Fsp3) is 0.364. The fourth-order valence-corrected chi connectivity index (χ4v) is 1.50. The zero-order valence-corrected chi connectivity index (χ0v) is 9.71. The van der Waals surface area contributed by atoms with Crippen molar-refractivity contribution < 1.29 is 4.79 Å². The van der Waals surface area contributed by atoms with E-state index in [9.17, 15) is 4.79 Å². The Kier molecular flexibility index (Phi) is 3.54. The Labute approximate surface area is 99.2 Å². The Morgan fingerprint density at radius 2 is 2.35 bits per heavy atom. The third kappa shape index (κ3) is 3.17. The summed E-state index contributed by atoms with van der Waals surface area (Å²) in [6, 6.07) is 3.58. The molecule has 0 aliphatic rings. The zero-order valence-electron chi connectivity index (χ0n) is 9.71. The van der Waals surface area contributed by atoms with Crippen LogP contribution in [0.3, 0.4) is 0 Å². The molecule has 1 amide bonds. The smallest absolute Gasteiger partial charge is 0.271 e. The number of amides is 1. The minimum absolute atomic E-state index is 0.133. The summed E-state index contributed by atoms with van der Waals surface area (Å²) in [6.45, 7) is 1.42. The van der Waals surface area contributed by atoms with Crippen molar-refractivity contribution in [2.75, 3.05) is 6.54 Å². The molecule has 2 rings (SSSR count). The Balaban J connectivity index is 1.70. The molecule has 0 radical (unpaired) electrons. The largest absolute Gasteiger partial charge is 0.351 e. The molecular formula is C11H15N5O. The summed E-state index contributed by atoms with van der Waals surface area (Å²) in [7, 11) is 1.79. The molecule has 0 aliphatic carbocycles. The van der Waals surface area contributed by atoms with E-state index in [0.29, 0.717) is 12.2 Å². The van der Waals surface area contributed by atoms with Crippen LogP contribution in [0.5, 0.6) is 0 Å². The van der Waals surface area contributed by atoms with Gasteiger partial charge in [0.2, 0.25) is 0 Å². The zero-order chi connectivity index (χ0) is 12.1. The standard InChI is InChI=1S/C11H15N5O/c1-15-9-4-10(14-15)11(17)12-5-2-7-16-8-3-6-13-16/h3-4,6,8-9H,2,5,7H2,1H3,(H,12,17). The van der Waals surface area contributed by atoms with Crippen LogP contribution in [0.1, 0.15) is 16.9 Å². The molecular weight excluding hydrogens is 218 g/mol. The van der Waals surface area contributed by atoms with Crippen LogP contribution in [0.4, 0.5) is 0 Å². The SMILES string of the molecule is Cn1ccc(C(=O)NCCCn2cccn2)n1. The van der Waals surface area contributed by atoms with E-state index >= 15 is 0 Å². The molecule has 6 heteroatoms. The number of aromatic nitrogens is 4. The molecule has 0 saturated heterocycles. The Morgan fingerprint density at radius 1 is 1.47 bits per heavy atom. The molecule has 1 N–H and O–H groups in total. The number of carbonyl (C=O) groups is 1. The second-order valence-corrected chi connectivity index (χ2v) is 3.75. The van der Waals surface area contributed by atoms with E-state index in [1.54, 1.807) is 30.2 Å². The van der Waals surface area contributed by atoms with Crippen molar-refractivity contribution in [3.63, 3.8) is 0 Å². The molecule has 0 atom stereocenters. The summed E-state index contributed by atoms with van der Waals surface area (Å²) in [5.74, 6) is -0.133. The van der Waals surface area contributed by atoms with Crippen LogP contribution >= 0.6 is 0 Å². The number of nitrogens with one attached hydrogen (secondary N) is 1. The number of hydrogen-bond donors (Lipinski definition) is 1. The minimum atomic E-state index is -0.133. The molecule has 0 unspecified atom stereocenters. The van der Waals surface area contributed by atoms with Gasteiger partial charge in [-0.25, -0.2) is 0 Å². The summed E-state index contributed by atoms with van der Waals surface area (Å²) in [5.41, 5.74) is 0.451. The first kappa shape index (κ1) is 11.4. The minimum Gasteiger partial charge on any atom is -0.351 e. The summed E-state index contributed by atoms with van der Waals surface area (Å²) in [5, 5.41) is 10.9. The topological polar surface area (TPSA) is 64.7 Å². The van der Waals surface area contributed by atoms with E-state index in [4.69, 9.17) is 0 Å². The van der Waals surface area contributed by atoms with Gasteiger partial charge in [-0.15, -0.1) is 0 Å². The van der Waals surface area contributed by atoms with Crippen LogP contribution < -0.4 is 5.32 Å². The van der Waals surface area contributed by atoms with Gasteiger partial charge in [0, 0.05) is 38.7 Å². The van der Waals surface area contributed by atoms with E-state index in [2.05, 4.69) is 15.5 Å². The molecule has 0 aliphatic heterocycles. The number of carbonyl (C=O) groups excluding carboxylic acids is 1. The van der Waals surface area contributed by atoms with Gasteiger partial charge in [0.15, 0.2) is 0 Å². The molecule has 0 saturated carbocycles. The van der Waals surface area contributed by atoms with Gasteiger partial charge >= 0.3 is 0 Å². The highest BCUT2D eigenvalue weighted by Gasteiger charge is 2.06. The maximum atomic E-state index is 11.6. The molecule has 17 heavy (non-hydrogen) atoms. The van der Waals surface area contributed by atoms with E-state index in [-0.39, 0.29) is 5.91 Å². The van der Waals surface area contributed by atoms with Gasteiger partial charge < -0.3 is 5.32 Å². The van der Waals surface area contributed by atoms with Crippen molar-refractivity contribution in [3.8, 4) is 0 Å².